The minimum absolute atomic E-state index is 0.135. The van der Waals surface area contributed by atoms with Crippen molar-refractivity contribution in [2.45, 2.75) is 33.6 Å². The molecule has 2 amide bonds. The molecular formula is C22H31N5O3. The first-order valence-corrected chi connectivity index (χ1v) is 10.2. The summed E-state index contributed by atoms with van der Waals surface area (Å²) in [5.74, 6) is 3.37. The first-order chi connectivity index (χ1) is 14.3. The van der Waals surface area contributed by atoms with Gasteiger partial charge in [0.2, 0.25) is 0 Å². The lowest BCUT2D eigenvalue weighted by molar-refractivity contribution is 0.208. The van der Waals surface area contributed by atoms with Gasteiger partial charge in [-0.2, -0.15) is 0 Å². The van der Waals surface area contributed by atoms with Crippen LogP contribution in [0.5, 0.6) is 11.5 Å². The predicted molar refractivity (Wildman–Crippen MR) is 118 cm³/mol. The van der Waals surface area contributed by atoms with E-state index in [2.05, 4.69) is 29.0 Å². The third kappa shape index (κ3) is 4.75. The highest BCUT2D eigenvalue weighted by Crippen LogP contribution is 2.29. The molecule has 1 fully saturated rings. The van der Waals surface area contributed by atoms with Crippen molar-refractivity contribution in [2.75, 3.05) is 50.6 Å². The molecule has 30 heavy (non-hydrogen) atoms. The lowest BCUT2D eigenvalue weighted by Gasteiger charge is -2.36. The van der Waals surface area contributed by atoms with Crippen LogP contribution in [0.25, 0.3) is 0 Å². The smallest absolute Gasteiger partial charge is 0.321 e. The first-order valence-electron chi connectivity index (χ1n) is 10.2. The Kier molecular flexibility index (Phi) is 6.64. The average Bonchev–Trinajstić information content (AvgIpc) is 2.72. The van der Waals surface area contributed by atoms with Gasteiger partial charge in [-0.25, -0.2) is 14.8 Å². The molecule has 0 unspecified atom stereocenters. The highest BCUT2D eigenvalue weighted by Gasteiger charge is 2.25. The number of nitrogens with zero attached hydrogens (tertiary/aromatic N) is 4. The number of aromatic nitrogens is 2. The molecule has 162 valence electrons. The predicted octanol–water partition coefficient (Wildman–Crippen LogP) is 3.59. The SMILES string of the molecule is COc1cc(NC(=O)N2CCN(c3nc(C)nc(C)c3C(C)C)CC2)cc(OC)c1. The molecule has 0 bridgehead atoms. The maximum atomic E-state index is 12.8. The van der Waals surface area contributed by atoms with Crippen molar-refractivity contribution >= 4 is 17.5 Å². The van der Waals surface area contributed by atoms with E-state index < -0.39 is 0 Å². The minimum atomic E-state index is -0.135. The maximum Gasteiger partial charge on any atom is 0.321 e. The van der Waals surface area contributed by atoms with Gasteiger partial charge in [-0.15, -0.1) is 0 Å². The monoisotopic (exact) mass is 413 g/mol. The fourth-order valence-corrected chi connectivity index (χ4v) is 3.82. The van der Waals surface area contributed by atoms with Crippen molar-refractivity contribution < 1.29 is 14.3 Å². The molecule has 0 radical (unpaired) electrons. The molecule has 1 aliphatic heterocycles. The number of hydrogen-bond acceptors (Lipinski definition) is 6. The Morgan fingerprint density at radius 2 is 1.60 bits per heavy atom. The van der Waals surface area contributed by atoms with E-state index in [0.717, 1.165) is 30.4 Å². The number of carbonyl (C=O) groups excluding carboxylic acids is 1. The van der Waals surface area contributed by atoms with Crippen molar-refractivity contribution in [3.63, 3.8) is 0 Å². The molecule has 8 heteroatoms. The number of methoxy groups -OCH3 is 2. The van der Waals surface area contributed by atoms with Crippen LogP contribution >= 0.6 is 0 Å². The Morgan fingerprint density at radius 3 is 2.13 bits per heavy atom. The molecule has 1 N–H and O–H groups in total. The highest BCUT2D eigenvalue weighted by atomic mass is 16.5. The van der Waals surface area contributed by atoms with E-state index in [1.165, 1.54) is 5.56 Å². The Labute approximate surface area is 178 Å². The number of amides is 2. The number of anilines is 2. The number of urea groups is 1. The van der Waals surface area contributed by atoms with Gasteiger partial charge in [-0.3, -0.25) is 0 Å². The molecule has 0 atom stereocenters. The summed E-state index contributed by atoms with van der Waals surface area (Å²) in [6.45, 7) is 11.0. The summed E-state index contributed by atoms with van der Waals surface area (Å²) in [5.41, 5.74) is 2.85. The molecule has 2 heterocycles. The zero-order valence-corrected chi connectivity index (χ0v) is 18.7. The van der Waals surface area contributed by atoms with Crippen molar-refractivity contribution in [1.29, 1.82) is 0 Å². The second-order valence-corrected chi connectivity index (χ2v) is 7.75. The topological polar surface area (TPSA) is 79.8 Å². The third-order valence-electron chi connectivity index (χ3n) is 5.27. The van der Waals surface area contributed by atoms with Crippen LogP contribution in [0, 0.1) is 13.8 Å². The van der Waals surface area contributed by atoms with Crippen molar-refractivity contribution in [2.24, 2.45) is 0 Å². The van der Waals surface area contributed by atoms with Crippen LogP contribution in [0.2, 0.25) is 0 Å². The zero-order valence-electron chi connectivity index (χ0n) is 18.7. The standard InChI is InChI=1S/C22H31N5O3/c1-14(2)20-15(3)23-16(4)24-21(20)26-7-9-27(10-8-26)22(28)25-17-11-18(29-5)13-19(12-17)30-6/h11-14H,7-10H2,1-6H3,(H,25,28). The van der Waals surface area contributed by atoms with E-state index in [-0.39, 0.29) is 6.03 Å². The van der Waals surface area contributed by atoms with Gasteiger partial charge in [-0.05, 0) is 19.8 Å². The Bertz CT molecular complexity index is 886. The number of piperazine rings is 1. The lowest BCUT2D eigenvalue weighted by atomic mass is 10.0. The van der Waals surface area contributed by atoms with Gasteiger partial charge in [0.15, 0.2) is 0 Å². The lowest BCUT2D eigenvalue weighted by Crippen LogP contribution is -2.50. The normalized spacial score (nSPS) is 14.1. The van der Waals surface area contributed by atoms with E-state index in [0.29, 0.717) is 36.2 Å². The van der Waals surface area contributed by atoms with Crippen LogP contribution in [0.1, 0.15) is 36.8 Å². The molecule has 3 rings (SSSR count). The Hall–Kier alpha value is -3.03. The summed E-state index contributed by atoms with van der Waals surface area (Å²) in [6.07, 6.45) is 0. The first kappa shape index (κ1) is 21.7. The molecule has 0 saturated carbocycles. The van der Waals surface area contributed by atoms with Crippen LogP contribution < -0.4 is 19.7 Å². The van der Waals surface area contributed by atoms with E-state index >= 15 is 0 Å². The summed E-state index contributed by atoms with van der Waals surface area (Å²) in [6, 6.07) is 5.19. The molecule has 1 aromatic heterocycles. The number of hydrogen-bond donors (Lipinski definition) is 1. The van der Waals surface area contributed by atoms with Gasteiger partial charge in [-0.1, -0.05) is 13.8 Å². The molecule has 1 aliphatic rings. The molecule has 2 aromatic rings. The van der Waals surface area contributed by atoms with Crippen LogP contribution in [-0.2, 0) is 0 Å². The Balaban J connectivity index is 1.68. The summed E-state index contributed by atoms with van der Waals surface area (Å²) < 4.78 is 10.5. The van der Waals surface area contributed by atoms with E-state index in [1.54, 1.807) is 32.4 Å². The number of aryl methyl sites for hydroxylation is 2. The number of carbonyl (C=O) groups is 1. The largest absolute Gasteiger partial charge is 0.497 e. The minimum Gasteiger partial charge on any atom is -0.497 e. The fraction of sp³-hybridized carbons (Fsp3) is 0.500. The summed E-state index contributed by atoms with van der Waals surface area (Å²) >= 11 is 0. The van der Waals surface area contributed by atoms with Gasteiger partial charge in [0, 0.05) is 61.3 Å². The van der Waals surface area contributed by atoms with Crippen LogP contribution in [-0.4, -0.2) is 61.3 Å². The van der Waals surface area contributed by atoms with Gasteiger partial charge in [0.1, 0.15) is 23.1 Å². The van der Waals surface area contributed by atoms with E-state index in [1.807, 2.05) is 18.7 Å². The molecular weight excluding hydrogens is 382 g/mol. The van der Waals surface area contributed by atoms with Gasteiger partial charge >= 0.3 is 6.03 Å². The molecule has 0 aliphatic carbocycles. The van der Waals surface area contributed by atoms with E-state index in [4.69, 9.17) is 14.5 Å². The fourth-order valence-electron chi connectivity index (χ4n) is 3.82. The second-order valence-electron chi connectivity index (χ2n) is 7.75. The van der Waals surface area contributed by atoms with E-state index in [9.17, 15) is 4.79 Å². The number of benzene rings is 1. The Morgan fingerprint density at radius 1 is 1.00 bits per heavy atom. The number of nitrogens with one attached hydrogen (secondary N) is 1. The molecule has 0 spiro atoms. The highest BCUT2D eigenvalue weighted by molar-refractivity contribution is 5.90. The maximum absolute atomic E-state index is 12.8. The van der Waals surface area contributed by atoms with Gasteiger partial charge < -0.3 is 24.6 Å². The second kappa shape index (κ2) is 9.19. The van der Waals surface area contributed by atoms with Crippen molar-refractivity contribution in [3.8, 4) is 11.5 Å². The van der Waals surface area contributed by atoms with Crippen LogP contribution in [0.4, 0.5) is 16.3 Å². The molecule has 8 nitrogen and oxygen atoms in total. The number of rotatable bonds is 5. The molecule has 1 saturated heterocycles. The molecule has 1 aromatic carbocycles. The van der Waals surface area contributed by atoms with Gasteiger partial charge in [0.25, 0.3) is 0 Å². The van der Waals surface area contributed by atoms with Gasteiger partial charge in [0.05, 0.1) is 14.2 Å². The number of ether oxygens (including phenoxy) is 2. The average molecular weight is 414 g/mol. The van der Waals surface area contributed by atoms with Crippen molar-refractivity contribution in [1.82, 2.24) is 14.9 Å². The third-order valence-corrected chi connectivity index (χ3v) is 5.27. The summed E-state index contributed by atoms with van der Waals surface area (Å²) in [7, 11) is 3.17. The van der Waals surface area contributed by atoms with Crippen molar-refractivity contribution in [3.05, 3.63) is 35.3 Å². The summed E-state index contributed by atoms with van der Waals surface area (Å²) in [4.78, 5) is 26.1. The quantitative estimate of drug-likeness (QED) is 0.807. The zero-order chi connectivity index (χ0) is 21.8. The van der Waals surface area contributed by atoms with Crippen LogP contribution in [0.15, 0.2) is 18.2 Å². The van der Waals surface area contributed by atoms with Crippen LogP contribution in [0.3, 0.4) is 0 Å². The summed E-state index contributed by atoms with van der Waals surface area (Å²) in [5, 5.41) is 2.95.